The van der Waals surface area contributed by atoms with Crippen LogP contribution in [0.15, 0.2) is 18.2 Å². The van der Waals surface area contributed by atoms with Crippen molar-refractivity contribution >= 4 is 11.6 Å². The lowest BCUT2D eigenvalue weighted by atomic mass is 9.86. The number of ether oxygens (including phenoxy) is 1. The molecule has 1 amide bonds. The number of anilines is 1. The first-order chi connectivity index (χ1) is 8.55. The Morgan fingerprint density at radius 1 is 1.11 bits per heavy atom. The maximum absolute atomic E-state index is 12.1. The molecule has 1 aromatic carbocycles. The molecule has 0 unspecified atom stereocenters. The largest absolute Gasteiger partial charge is 0.495 e. The molecule has 1 aromatic rings. The lowest BCUT2D eigenvalue weighted by Crippen LogP contribution is -2.28. The van der Waals surface area contributed by atoms with Gasteiger partial charge in [0.05, 0.1) is 12.8 Å². The average Bonchev–Trinajstić information content (AvgIpc) is 2.26. The molecule has 0 aromatic heterocycles. The van der Waals surface area contributed by atoms with Gasteiger partial charge in [-0.25, -0.2) is 0 Å². The van der Waals surface area contributed by atoms with E-state index in [1.807, 2.05) is 39.0 Å². The van der Waals surface area contributed by atoms with Crippen LogP contribution < -0.4 is 10.1 Å². The van der Waals surface area contributed by atoms with Crippen molar-refractivity contribution in [3.63, 3.8) is 0 Å². The molecule has 3 nitrogen and oxygen atoms in total. The second-order valence-electron chi connectivity index (χ2n) is 6.87. The Balaban J connectivity index is 3.14. The fourth-order valence-corrected chi connectivity index (χ4v) is 1.58. The summed E-state index contributed by atoms with van der Waals surface area (Å²) in [6.45, 7) is 12.1. The Hall–Kier alpha value is -1.51. The number of nitrogens with one attached hydrogen (secondary N) is 1. The fraction of sp³-hybridized carbons (Fsp3) is 0.562. The highest BCUT2D eigenvalue weighted by Gasteiger charge is 2.23. The van der Waals surface area contributed by atoms with E-state index >= 15 is 0 Å². The lowest BCUT2D eigenvalue weighted by molar-refractivity contribution is -0.123. The predicted molar refractivity (Wildman–Crippen MR) is 79.8 cm³/mol. The van der Waals surface area contributed by atoms with E-state index in [0.29, 0.717) is 5.75 Å². The summed E-state index contributed by atoms with van der Waals surface area (Å²) in [6, 6.07) is 5.92. The van der Waals surface area contributed by atoms with Gasteiger partial charge in [0.25, 0.3) is 0 Å². The highest BCUT2D eigenvalue weighted by Crippen LogP contribution is 2.32. The predicted octanol–water partition coefficient (Wildman–Crippen LogP) is 3.98. The van der Waals surface area contributed by atoms with E-state index in [4.69, 9.17) is 4.74 Å². The van der Waals surface area contributed by atoms with E-state index in [1.165, 1.54) is 0 Å². The summed E-state index contributed by atoms with van der Waals surface area (Å²) in [4.78, 5) is 12.1. The molecule has 0 radical (unpaired) electrons. The van der Waals surface area contributed by atoms with Gasteiger partial charge in [-0.3, -0.25) is 4.79 Å². The smallest absolute Gasteiger partial charge is 0.229 e. The minimum Gasteiger partial charge on any atom is -0.495 e. The van der Waals surface area contributed by atoms with Gasteiger partial charge < -0.3 is 10.1 Å². The summed E-state index contributed by atoms with van der Waals surface area (Å²) in [7, 11) is 1.61. The molecule has 0 bridgehead atoms. The number of hydrogen-bond acceptors (Lipinski definition) is 2. The number of amides is 1. The van der Waals surface area contributed by atoms with Gasteiger partial charge >= 0.3 is 0 Å². The maximum Gasteiger partial charge on any atom is 0.229 e. The topological polar surface area (TPSA) is 38.3 Å². The quantitative estimate of drug-likeness (QED) is 0.876. The second kappa shape index (κ2) is 5.24. The van der Waals surface area contributed by atoms with Gasteiger partial charge in [0.1, 0.15) is 5.75 Å². The molecule has 19 heavy (non-hydrogen) atoms. The maximum atomic E-state index is 12.1. The summed E-state index contributed by atoms with van der Waals surface area (Å²) in [5, 5.41) is 2.95. The van der Waals surface area contributed by atoms with Crippen LogP contribution in [0.3, 0.4) is 0 Å². The number of hydrogen-bond donors (Lipinski definition) is 1. The zero-order chi connectivity index (χ0) is 14.8. The summed E-state index contributed by atoms with van der Waals surface area (Å²) in [5.41, 5.74) is 1.50. The van der Waals surface area contributed by atoms with Crippen molar-refractivity contribution < 1.29 is 9.53 Å². The van der Waals surface area contributed by atoms with Gasteiger partial charge in [-0.05, 0) is 23.1 Å². The Bertz CT molecular complexity index is 465. The summed E-state index contributed by atoms with van der Waals surface area (Å²) < 4.78 is 5.31. The first kappa shape index (κ1) is 15.5. The van der Waals surface area contributed by atoms with Crippen molar-refractivity contribution in [2.24, 2.45) is 5.41 Å². The molecule has 0 aliphatic rings. The van der Waals surface area contributed by atoms with E-state index in [1.54, 1.807) is 7.11 Å². The Morgan fingerprint density at radius 3 is 2.11 bits per heavy atom. The van der Waals surface area contributed by atoms with Gasteiger partial charge in [0.15, 0.2) is 0 Å². The van der Waals surface area contributed by atoms with Crippen LogP contribution in [0.2, 0.25) is 0 Å². The zero-order valence-corrected chi connectivity index (χ0v) is 13.0. The molecule has 0 aliphatic carbocycles. The third kappa shape index (κ3) is 3.98. The number of carbonyl (C=O) groups is 1. The van der Waals surface area contributed by atoms with Crippen molar-refractivity contribution in [2.45, 2.75) is 47.0 Å². The molecular formula is C16H25NO2. The average molecular weight is 263 g/mol. The normalized spacial score (nSPS) is 12.2. The van der Waals surface area contributed by atoms with Crippen LogP contribution in [-0.4, -0.2) is 13.0 Å². The van der Waals surface area contributed by atoms with Crippen LogP contribution in [0.4, 0.5) is 5.69 Å². The van der Waals surface area contributed by atoms with Crippen molar-refractivity contribution in [3.05, 3.63) is 23.8 Å². The van der Waals surface area contributed by atoms with Crippen LogP contribution in [-0.2, 0) is 10.2 Å². The highest BCUT2D eigenvalue weighted by atomic mass is 16.5. The molecule has 0 atom stereocenters. The van der Waals surface area contributed by atoms with E-state index in [0.717, 1.165) is 11.3 Å². The molecule has 0 fully saturated rings. The monoisotopic (exact) mass is 263 g/mol. The number of benzene rings is 1. The third-order valence-corrected chi connectivity index (χ3v) is 2.99. The van der Waals surface area contributed by atoms with Crippen LogP contribution in [0.5, 0.6) is 5.75 Å². The Labute approximate surface area is 116 Å². The van der Waals surface area contributed by atoms with Gasteiger partial charge in [0, 0.05) is 5.41 Å². The van der Waals surface area contributed by atoms with Gasteiger partial charge in [0.2, 0.25) is 5.91 Å². The molecule has 106 valence electrons. The van der Waals surface area contributed by atoms with E-state index in [2.05, 4.69) is 26.1 Å². The molecule has 0 aliphatic heterocycles. The molecule has 0 spiro atoms. The van der Waals surface area contributed by atoms with E-state index in [-0.39, 0.29) is 11.3 Å². The minimum absolute atomic E-state index is 0.0168. The van der Waals surface area contributed by atoms with Crippen molar-refractivity contribution in [2.75, 3.05) is 12.4 Å². The molecular weight excluding hydrogens is 238 g/mol. The van der Waals surface area contributed by atoms with Crippen LogP contribution >= 0.6 is 0 Å². The number of methoxy groups -OCH3 is 1. The second-order valence-corrected chi connectivity index (χ2v) is 6.87. The number of rotatable bonds is 2. The molecule has 3 heteroatoms. The van der Waals surface area contributed by atoms with Gasteiger partial charge in [-0.2, -0.15) is 0 Å². The summed E-state index contributed by atoms with van der Waals surface area (Å²) in [6.07, 6.45) is 0. The minimum atomic E-state index is -0.428. The fourth-order valence-electron chi connectivity index (χ4n) is 1.58. The van der Waals surface area contributed by atoms with Crippen molar-refractivity contribution in [1.29, 1.82) is 0 Å². The molecule has 1 N–H and O–H groups in total. The molecule has 1 rings (SSSR count). The van der Waals surface area contributed by atoms with Gasteiger partial charge in [-0.1, -0.05) is 47.6 Å². The number of carbonyl (C=O) groups excluding carboxylic acids is 1. The molecule has 0 heterocycles. The third-order valence-electron chi connectivity index (χ3n) is 2.99. The van der Waals surface area contributed by atoms with E-state index < -0.39 is 5.41 Å². The van der Waals surface area contributed by atoms with Crippen LogP contribution in [0.1, 0.15) is 47.1 Å². The van der Waals surface area contributed by atoms with Crippen LogP contribution in [0, 0.1) is 5.41 Å². The highest BCUT2D eigenvalue weighted by molar-refractivity contribution is 5.95. The van der Waals surface area contributed by atoms with Crippen molar-refractivity contribution in [1.82, 2.24) is 0 Å². The first-order valence-corrected chi connectivity index (χ1v) is 6.55. The molecule has 0 saturated heterocycles. The Kier molecular flexibility index (Phi) is 4.28. The SMILES string of the molecule is COc1ccc(C(C)(C)C)cc1NC(=O)C(C)(C)C. The first-order valence-electron chi connectivity index (χ1n) is 6.55. The summed E-state index contributed by atoms with van der Waals surface area (Å²) in [5.74, 6) is 0.669. The standard InChI is InChI=1S/C16H25NO2/c1-15(2,3)11-8-9-13(19-7)12(10-11)17-14(18)16(4,5)6/h8-10H,1-7H3,(H,17,18). The van der Waals surface area contributed by atoms with E-state index in [9.17, 15) is 4.79 Å². The van der Waals surface area contributed by atoms with Crippen molar-refractivity contribution in [3.8, 4) is 5.75 Å². The Morgan fingerprint density at radius 2 is 1.68 bits per heavy atom. The lowest BCUT2D eigenvalue weighted by Gasteiger charge is -2.23. The van der Waals surface area contributed by atoms with Crippen LogP contribution in [0.25, 0.3) is 0 Å². The zero-order valence-electron chi connectivity index (χ0n) is 13.0. The van der Waals surface area contributed by atoms with Gasteiger partial charge in [-0.15, -0.1) is 0 Å². The molecule has 0 saturated carbocycles. The summed E-state index contributed by atoms with van der Waals surface area (Å²) >= 11 is 0.